The highest BCUT2D eigenvalue weighted by molar-refractivity contribution is 6.42. The van der Waals surface area contributed by atoms with Gasteiger partial charge in [-0.3, -0.25) is 15.5 Å². The van der Waals surface area contributed by atoms with Gasteiger partial charge in [0.25, 0.3) is 0 Å². The minimum absolute atomic E-state index is 0.149. The fraction of sp³-hybridized carbons (Fsp3) is 0.235. The van der Waals surface area contributed by atoms with Gasteiger partial charge in [-0.15, -0.1) is 0 Å². The molecule has 1 N–H and O–H groups in total. The van der Waals surface area contributed by atoms with Crippen molar-refractivity contribution < 1.29 is 14.4 Å². The average Bonchev–Trinajstić information content (AvgIpc) is 2.60. The van der Waals surface area contributed by atoms with Crippen LogP contribution in [-0.2, 0) is 0 Å². The third-order valence-corrected chi connectivity index (χ3v) is 3.94. The molecule has 9 heteroatoms. The minimum atomic E-state index is -0.509. The first-order valence-corrected chi connectivity index (χ1v) is 8.54. The molecule has 0 spiro atoms. The molecule has 0 amide bonds. The van der Waals surface area contributed by atoms with Crippen molar-refractivity contribution in [2.75, 3.05) is 18.6 Å². The predicted octanol–water partition coefficient (Wildman–Crippen LogP) is 5.15. The van der Waals surface area contributed by atoms with Crippen LogP contribution in [0.3, 0.4) is 0 Å². The highest BCUT2D eigenvalue weighted by atomic mass is 35.5. The van der Waals surface area contributed by atoms with Crippen LogP contribution in [0.4, 0.5) is 11.4 Å². The second-order valence-corrected chi connectivity index (χ2v) is 5.79. The lowest BCUT2D eigenvalue weighted by Crippen LogP contribution is -2.03. The molecule has 2 aromatic carbocycles. The first-order chi connectivity index (χ1) is 12.5. The highest BCUT2D eigenvalue weighted by Crippen LogP contribution is 2.34. The summed E-state index contributed by atoms with van der Waals surface area (Å²) in [5.41, 5.74) is 3.69. The summed E-state index contributed by atoms with van der Waals surface area (Å²) in [5, 5.41) is 16.2. The predicted molar refractivity (Wildman–Crippen MR) is 103 cm³/mol. The van der Waals surface area contributed by atoms with E-state index in [0.717, 1.165) is 0 Å². The lowest BCUT2D eigenvalue weighted by molar-refractivity contribution is -0.385. The van der Waals surface area contributed by atoms with E-state index in [9.17, 15) is 10.1 Å². The van der Waals surface area contributed by atoms with Crippen LogP contribution in [0, 0.1) is 10.1 Å². The molecule has 0 aromatic heterocycles. The lowest BCUT2D eigenvalue weighted by Gasteiger charge is -2.11. The van der Waals surface area contributed by atoms with Crippen LogP contribution >= 0.6 is 23.2 Å². The number of nitrogens with zero attached hydrogens (tertiary/aromatic N) is 2. The Morgan fingerprint density at radius 2 is 1.81 bits per heavy atom. The summed E-state index contributed by atoms with van der Waals surface area (Å²) in [4.78, 5) is 10.8. The summed E-state index contributed by atoms with van der Waals surface area (Å²) in [6.07, 6.45) is 1.43. The van der Waals surface area contributed by atoms with Crippen molar-refractivity contribution >= 4 is 40.8 Å². The molecule has 0 saturated heterocycles. The van der Waals surface area contributed by atoms with E-state index < -0.39 is 4.92 Å². The minimum Gasteiger partial charge on any atom is -0.493 e. The van der Waals surface area contributed by atoms with Crippen LogP contribution in [0.25, 0.3) is 0 Å². The van der Waals surface area contributed by atoms with Gasteiger partial charge in [0.15, 0.2) is 0 Å². The fourth-order valence-corrected chi connectivity index (χ4v) is 2.40. The normalized spacial score (nSPS) is 10.8. The first-order valence-electron chi connectivity index (χ1n) is 7.78. The molecule has 0 unspecified atom stereocenters. The van der Waals surface area contributed by atoms with Gasteiger partial charge in [-0.2, -0.15) is 5.10 Å². The maximum absolute atomic E-state index is 11.3. The molecule has 0 aliphatic heterocycles. The van der Waals surface area contributed by atoms with Crippen molar-refractivity contribution in [3.05, 3.63) is 56.1 Å². The number of hydrogen-bond acceptors (Lipinski definition) is 6. The van der Waals surface area contributed by atoms with Gasteiger partial charge in [-0.05, 0) is 32.0 Å². The van der Waals surface area contributed by atoms with Gasteiger partial charge in [0, 0.05) is 17.7 Å². The Balaban J connectivity index is 2.31. The van der Waals surface area contributed by atoms with Gasteiger partial charge in [0.1, 0.15) is 5.75 Å². The van der Waals surface area contributed by atoms with Crippen LogP contribution in [0.5, 0.6) is 11.5 Å². The number of anilines is 1. The van der Waals surface area contributed by atoms with E-state index in [4.69, 9.17) is 32.7 Å². The molecule has 0 radical (unpaired) electrons. The third kappa shape index (κ3) is 5.00. The number of halogens is 2. The van der Waals surface area contributed by atoms with Gasteiger partial charge >= 0.3 is 5.69 Å². The van der Waals surface area contributed by atoms with Crippen molar-refractivity contribution in [1.82, 2.24) is 0 Å². The lowest BCUT2D eigenvalue weighted by atomic mass is 10.1. The molecule has 7 nitrogen and oxygen atoms in total. The number of nitro benzene ring substituents is 1. The van der Waals surface area contributed by atoms with Crippen molar-refractivity contribution in [3.63, 3.8) is 0 Å². The molecule has 0 fully saturated rings. The van der Waals surface area contributed by atoms with Crippen LogP contribution in [0.2, 0.25) is 10.0 Å². The largest absolute Gasteiger partial charge is 0.493 e. The Hall–Kier alpha value is -2.51. The van der Waals surface area contributed by atoms with E-state index in [0.29, 0.717) is 40.3 Å². The Morgan fingerprint density at radius 3 is 2.42 bits per heavy atom. The highest BCUT2D eigenvalue weighted by Gasteiger charge is 2.19. The van der Waals surface area contributed by atoms with Gasteiger partial charge in [0.2, 0.25) is 5.75 Å². The molecule has 0 aliphatic rings. The Kier molecular flexibility index (Phi) is 7.06. The molecule has 26 heavy (non-hydrogen) atoms. The summed E-state index contributed by atoms with van der Waals surface area (Å²) in [5.74, 6) is 0.580. The number of ether oxygens (including phenoxy) is 2. The molecular weight excluding hydrogens is 381 g/mol. The summed E-state index contributed by atoms with van der Waals surface area (Å²) in [6.45, 7) is 4.26. The zero-order valence-electron chi connectivity index (χ0n) is 14.2. The van der Waals surface area contributed by atoms with Gasteiger partial charge < -0.3 is 9.47 Å². The molecule has 0 atom stereocenters. The summed E-state index contributed by atoms with van der Waals surface area (Å²) >= 11 is 11.8. The van der Waals surface area contributed by atoms with Crippen molar-refractivity contribution in [2.24, 2.45) is 5.10 Å². The zero-order valence-corrected chi connectivity index (χ0v) is 15.7. The molecule has 0 aliphatic carbocycles. The summed E-state index contributed by atoms with van der Waals surface area (Å²) in [6, 6.07) is 7.80. The topological polar surface area (TPSA) is 86.0 Å². The number of nitrogens with one attached hydrogen (secondary N) is 1. The van der Waals surface area contributed by atoms with Crippen LogP contribution in [0.1, 0.15) is 19.4 Å². The summed E-state index contributed by atoms with van der Waals surface area (Å²) < 4.78 is 10.9. The Bertz CT molecular complexity index is 828. The third-order valence-electron chi connectivity index (χ3n) is 3.20. The van der Waals surface area contributed by atoms with Crippen LogP contribution in [-0.4, -0.2) is 24.4 Å². The van der Waals surface area contributed by atoms with E-state index in [2.05, 4.69) is 10.5 Å². The standard InChI is InChI=1S/C17H17Cl2N3O4/c1-3-25-16-9-17(26-4-2)15(22(23)24)7-11(16)10-20-21-12-5-6-13(18)14(19)8-12/h5-10,21H,3-4H2,1-2H3. The van der Waals surface area contributed by atoms with Gasteiger partial charge in [-0.25, -0.2) is 0 Å². The van der Waals surface area contributed by atoms with Gasteiger partial charge in [0.05, 0.1) is 40.1 Å². The fourth-order valence-electron chi connectivity index (χ4n) is 2.10. The monoisotopic (exact) mass is 397 g/mol. The maximum atomic E-state index is 11.3. The van der Waals surface area contributed by atoms with Crippen LogP contribution < -0.4 is 14.9 Å². The second kappa shape index (κ2) is 9.26. The zero-order chi connectivity index (χ0) is 19.1. The van der Waals surface area contributed by atoms with Gasteiger partial charge in [-0.1, -0.05) is 23.2 Å². The van der Waals surface area contributed by atoms with E-state index in [1.54, 1.807) is 25.1 Å². The van der Waals surface area contributed by atoms with Crippen molar-refractivity contribution in [3.8, 4) is 11.5 Å². The summed E-state index contributed by atoms with van der Waals surface area (Å²) in [7, 11) is 0. The molecular formula is C17H17Cl2N3O4. The quantitative estimate of drug-likeness (QED) is 0.378. The molecule has 0 bridgehead atoms. The number of hydrogen-bond donors (Lipinski definition) is 1. The SMILES string of the molecule is CCOc1cc(OCC)c([N+](=O)[O-])cc1C=NNc1ccc(Cl)c(Cl)c1. The number of nitro groups is 1. The molecule has 0 saturated carbocycles. The Labute approximate surface area is 160 Å². The van der Waals surface area contributed by atoms with Crippen LogP contribution in [0.15, 0.2) is 35.4 Å². The van der Waals surface area contributed by atoms with E-state index >= 15 is 0 Å². The van der Waals surface area contributed by atoms with E-state index in [1.807, 2.05) is 6.92 Å². The smallest absolute Gasteiger partial charge is 0.311 e. The number of rotatable bonds is 8. The van der Waals surface area contributed by atoms with E-state index in [1.165, 1.54) is 18.3 Å². The van der Waals surface area contributed by atoms with Crippen molar-refractivity contribution in [2.45, 2.75) is 13.8 Å². The first kappa shape index (κ1) is 19.8. The second-order valence-electron chi connectivity index (χ2n) is 4.98. The molecule has 138 valence electrons. The molecule has 0 heterocycles. The molecule has 2 aromatic rings. The average molecular weight is 398 g/mol. The molecule has 2 rings (SSSR count). The maximum Gasteiger partial charge on any atom is 0.311 e. The number of hydrazone groups is 1. The van der Waals surface area contributed by atoms with Crippen molar-refractivity contribution in [1.29, 1.82) is 0 Å². The Morgan fingerprint density at radius 1 is 1.12 bits per heavy atom. The number of benzene rings is 2. The van der Waals surface area contributed by atoms with E-state index in [-0.39, 0.29) is 11.4 Å².